The minimum atomic E-state index is -0.0962. The molecule has 2 rings (SSSR count). The summed E-state index contributed by atoms with van der Waals surface area (Å²) < 4.78 is 0. The molecule has 0 bridgehead atoms. The Bertz CT molecular complexity index is 551. The molecule has 0 fully saturated rings. The summed E-state index contributed by atoms with van der Waals surface area (Å²) in [4.78, 5) is 11.9. The van der Waals surface area contributed by atoms with Gasteiger partial charge in [-0.2, -0.15) is 0 Å². The monoisotopic (exact) mass is 243 g/mol. The van der Waals surface area contributed by atoms with Gasteiger partial charge in [0.2, 0.25) is 0 Å². The van der Waals surface area contributed by atoms with Gasteiger partial charge in [0.25, 0.3) is 5.91 Å². The van der Waals surface area contributed by atoms with Crippen LogP contribution in [-0.2, 0) is 0 Å². The molecule has 0 aromatic heterocycles. The number of fused-ring (bicyclic) bond motifs is 1. The van der Waals surface area contributed by atoms with Crippen LogP contribution < -0.4 is 5.32 Å². The van der Waals surface area contributed by atoms with Crippen LogP contribution >= 0.6 is 0 Å². The topological polar surface area (TPSA) is 49.3 Å². The van der Waals surface area contributed by atoms with E-state index in [-0.39, 0.29) is 18.4 Å². The third kappa shape index (κ3) is 2.87. The summed E-state index contributed by atoms with van der Waals surface area (Å²) in [6.07, 6.45) is 0. The van der Waals surface area contributed by atoms with Crippen LogP contribution in [0, 0.1) is 5.92 Å². The SMILES string of the molecule is CC(CO)CNC(=O)c1ccc2ccccc2c1. The molecular weight excluding hydrogens is 226 g/mol. The van der Waals surface area contributed by atoms with Crippen molar-refractivity contribution in [3.8, 4) is 0 Å². The zero-order valence-electron chi connectivity index (χ0n) is 10.4. The maximum absolute atomic E-state index is 11.9. The Balaban J connectivity index is 2.13. The molecule has 0 saturated heterocycles. The van der Waals surface area contributed by atoms with Crippen LogP contribution in [0.25, 0.3) is 10.8 Å². The Morgan fingerprint density at radius 2 is 1.94 bits per heavy atom. The second kappa shape index (κ2) is 5.65. The van der Waals surface area contributed by atoms with Crippen LogP contribution in [0.3, 0.4) is 0 Å². The molecule has 1 unspecified atom stereocenters. The largest absolute Gasteiger partial charge is 0.396 e. The molecule has 0 aliphatic carbocycles. The van der Waals surface area contributed by atoms with Crippen molar-refractivity contribution in [2.24, 2.45) is 5.92 Å². The second-order valence-electron chi connectivity index (χ2n) is 4.56. The van der Waals surface area contributed by atoms with Gasteiger partial charge in [-0.15, -0.1) is 0 Å². The van der Waals surface area contributed by atoms with E-state index in [0.717, 1.165) is 10.8 Å². The first kappa shape index (κ1) is 12.6. The summed E-state index contributed by atoms with van der Waals surface area (Å²) in [7, 11) is 0. The van der Waals surface area contributed by atoms with Crippen molar-refractivity contribution >= 4 is 16.7 Å². The molecule has 1 amide bonds. The third-order valence-corrected chi connectivity index (χ3v) is 2.93. The summed E-state index contributed by atoms with van der Waals surface area (Å²) in [5.74, 6) is -0.0181. The first-order chi connectivity index (χ1) is 8.70. The number of benzene rings is 2. The van der Waals surface area contributed by atoms with Crippen molar-refractivity contribution in [1.82, 2.24) is 5.32 Å². The van der Waals surface area contributed by atoms with Crippen molar-refractivity contribution in [2.75, 3.05) is 13.2 Å². The average molecular weight is 243 g/mol. The number of hydrogen-bond acceptors (Lipinski definition) is 2. The number of amides is 1. The number of aliphatic hydroxyl groups excluding tert-OH is 1. The van der Waals surface area contributed by atoms with E-state index in [1.54, 1.807) is 0 Å². The minimum Gasteiger partial charge on any atom is -0.396 e. The highest BCUT2D eigenvalue weighted by Crippen LogP contribution is 2.15. The van der Waals surface area contributed by atoms with E-state index in [0.29, 0.717) is 12.1 Å². The van der Waals surface area contributed by atoms with Crippen molar-refractivity contribution in [3.63, 3.8) is 0 Å². The Morgan fingerprint density at radius 3 is 2.67 bits per heavy atom. The summed E-state index contributed by atoms with van der Waals surface area (Å²) in [6.45, 7) is 2.46. The lowest BCUT2D eigenvalue weighted by molar-refractivity contribution is 0.0942. The fraction of sp³-hybridized carbons (Fsp3) is 0.267. The summed E-state index contributed by atoms with van der Waals surface area (Å²) in [5.41, 5.74) is 0.652. The fourth-order valence-corrected chi connectivity index (χ4v) is 1.76. The number of rotatable bonds is 4. The summed E-state index contributed by atoms with van der Waals surface area (Å²) in [6, 6.07) is 13.6. The highest BCUT2D eigenvalue weighted by molar-refractivity contribution is 5.98. The van der Waals surface area contributed by atoms with Gasteiger partial charge in [-0.3, -0.25) is 4.79 Å². The highest BCUT2D eigenvalue weighted by Gasteiger charge is 2.07. The lowest BCUT2D eigenvalue weighted by Crippen LogP contribution is -2.29. The number of aliphatic hydroxyl groups is 1. The molecule has 0 aliphatic rings. The predicted octanol–water partition coefficient (Wildman–Crippen LogP) is 2.20. The normalized spacial score (nSPS) is 12.3. The van der Waals surface area contributed by atoms with E-state index in [1.165, 1.54) is 0 Å². The van der Waals surface area contributed by atoms with Crippen molar-refractivity contribution in [2.45, 2.75) is 6.92 Å². The maximum Gasteiger partial charge on any atom is 0.251 e. The number of nitrogens with one attached hydrogen (secondary N) is 1. The molecule has 2 aromatic carbocycles. The lowest BCUT2D eigenvalue weighted by atomic mass is 10.1. The summed E-state index contributed by atoms with van der Waals surface area (Å²) in [5, 5.41) is 13.9. The van der Waals surface area contributed by atoms with Crippen molar-refractivity contribution in [1.29, 1.82) is 0 Å². The highest BCUT2D eigenvalue weighted by atomic mass is 16.3. The van der Waals surface area contributed by atoms with Gasteiger partial charge >= 0.3 is 0 Å². The second-order valence-corrected chi connectivity index (χ2v) is 4.56. The quantitative estimate of drug-likeness (QED) is 0.865. The van der Waals surface area contributed by atoms with Crippen LogP contribution in [0.5, 0.6) is 0 Å². The number of hydrogen-bond donors (Lipinski definition) is 2. The van der Waals surface area contributed by atoms with Gasteiger partial charge in [0.15, 0.2) is 0 Å². The molecule has 0 saturated carbocycles. The minimum absolute atomic E-state index is 0.0782. The fourth-order valence-electron chi connectivity index (χ4n) is 1.76. The zero-order valence-corrected chi connectivity index (χ0v) is 10.4. The van der Waals surface area contributed by atoms with Gasteiger partial charge < -0.3 is 10.4 Å². The first-order valence-corrected chi connectivity index (χ1v) is 6.08. The predicted molar refractivity (Wildman–Crippen MR) is 72.5 cm³/mol. The average Bonchev–Trinajstić information content (AvgIpc) is 2.43. The van der Waals surface area contributed by atoms with E-state index in [4.69, 9.17) is 5.11 Å². The van der Waals surface area contributed by atoms with Gasteiger partial charge in [0.05, 0.1) is 0 Å². The molecule has 0 radical (unpaired) electrons. The molecule has 3 heteroatoms. The molecule has 94 valence electrons. The van der Waals surface area contributed by atoms with Gasteiger partial charge in [0, 0.05) is 18.7 Å². The Kier molecular flexibility index (Phi) is 3.95. The van der Waals surface area contributed by atoms with Gasteiger partial charge in [-0.1, -0.05) is 37.3 Å². The Labute approximate surface area is 106 Å². The van der Waals surface area contributed by atoms with Gasteiger partial charge in [-0.05, 0) is 28.8 Å². The van der Waals surface area contributed by atoms with Crippen LogP contribution in [-0.4, -0.2) is 24.2 Å². The van der Waals surface area contributed by atoms with E-state index >= 15 is 0 Å². The van der Waals surface area contributed by atoms with Crippen LogP contribution in [0.4, 0.5) is 0 Å². The summed E-state index contributed by atoms with van der Waals surface area (Å²) >= 11 is 0. The van der Waals surface area contributed by atoms with E-state index < -0.39 is 0 Å². The molecule has 2 aromatic rings. The maximum atomic E-state index is 11.9. The third-order valence-electron chi connectivity index (χ3n) is 2.93. The van der Waals surface area contributed by atoms with Gasteiger partial charge in [0.1, 0.15) is 0 Å². The molecule has 18 heavy (non-hydrogen) atoms. The number of carbonyl (C=O) groups is 1. The lowest BCUT2D eigenvalue weighted by Gasteiger charge is -2.10. The first-order valence-electron chi connectivity index (χ1n) is 6.08. The van der Waals surface area contributed by atoms with Crippen molar-refractivity contribution < 1.29 is 9.90 Å². The van der Waals surface area contributed by atoms with Crippen LogP contribution in [0.2, 0.25) is 0 Å². The smallest absolute Gasteiger partial charge is 0.251 e. The van der Waals surface area contributed by atoms with E-state index in [9.17, 15) is 4.79 Å². The number of carbonyl (C=O) groups excluding carboxylic acids is 1. The standard InChI is InChI=1S/C15H17NO2/c1-11(10-17)9-16-15(18)14-7-6-12-4-2-3-5-13(12)8-14/h2-8,11,17H,9-10H2,1H3,(H,16,18). The molecular formula is C15H17NO2. The Hall–Kier alpha value is -1.87. The zero-order chi connectivity index (χ0) is 13.0. The molecule has 0 spiro atoms. The van der Waals surface area contributed by atoms with E-state index in [2.05, 4.69) is 5.32 Å². The van der Waals surface area contributed by atoms with Gasteiger partial charge in [-0.25, -0.2) is 0 Å². The molecule has 3 nitrogen and oxygen atoms in total. The van der Waals surface area contributed by atoms with Crippen molar-refractivity contribution in [3.05, 3.63) is 48.0 Å². The molecule has 2 N–H and O–H groups in total. The molecule has 1 atom stereocenters. The Morgan fingerprint density at radius 1 is 1.22 bits per heavy atom. The van der Waals surface area contributed by atoms with E-state index in [1.807, 2.05) is 49.4 Å². The molecule has 0 heterocycles. The van der Waals surface area contributed by atoms with Crippen LogP contribution in [0.15, 0.2) is 42.5 Å². The van der Waals surface area contributed by atoms with Crippen LogP contribution in [0.1, 0.15) is 17.3 Å². The molecule has 0 aliphatic heterocycles.